The topological polar surface area (TPSA) is 18.5 Å². The normalized spacial score (nSPS) is 12.7. The maximum absolute atomic E-state index is 5.66. The van der Waals surface area contributed by atoms with Gasteiger partial charge in [0.15, 0.2) is 0 Å². The molecule has 0 spiro atoms. The van der Waals surface area contributed by atoms with Gasteiger partial charge in [0.05, 0.1) is 25.2 Å². The molecule has 0 aromatic heterocycles. The van der Waals surface area contributed by atoms with Gasteiger partial charge in [0.25, 0.3) is 0 Å². The monoisotopic (exact) mass is 248 g/mol. The number of benzene rings is 1. The Morgan fingerprint density at radius 1 is 1.13 bits per heavy atom. The summed E-state index contributed by atoms with van der Waals surface area (Å²) in [6, 6.07) is 10.1. The summed E-state index contributed by atoms with van der Waals surface area (Å²) >= 11 is 11.1. The van der Waals surface area contributed by atoms with Crippen molar-refractivity contribution in [3.8, 4) is 0 Å². The Morgan fingerprint density at radius 2 is 1.87 bits per heavy atom. The van der Waals surface area contributed by atoms with Crippen LogP contribution in [0.3, 0.4) is 0 Å². The van der Waals surface area contributed by atoms with E-state index in [2.05, 4.69) is 0 Å². The third-order valence-corrected chi connectivity index (χ3v) is 2.36. The van der Waals surface area contributed by atoms with Crippen LogP contribution in [0.25, 0.3) is 0 Å². The second-order valence-corrected chi connectivity index (χ2v) is 3.58. The number of halogens is 2. The molecule has 2 nitrogen and oxygen atoms in total. The first-order valence-corrected chi connectivity index (χ1v) is 5.79. The zero-order chi connectivity index (χ0) is 10.9. The van der Waals surface area contributed by atoms with E-state index >= 15 is 0 Å². The molecule has 1 unspecified atom stereocenters. The first kappa shape index (κ1) is 12.8. The maximum atomic E-state index is 5.66. The zero-order valence-corrected chi connectivity index (χ0v) is 9.88. The summed E-state index contributed by atoms with van der Waals surface area (Å²) in [6.07, 6.45) is -0.132. The number of rotatable bonds is 7. The Balaban J connectivity index is 2.20. The van der Waals surface area contributed by atoms with E-state index in [-0.39, 0.29) is 12.2 Å². The van der Waals surface area contributed by atoms with Crippen LogP contribution < -0.4 is 0 Å². The highest BCUT2D eigenvalue weighted by Crippen LogP contribution is 2.03. The summed E-state index contributed by atoms with van der Waals surface area (Å²) in [7, 11) is 0. The fourth-order valence-electron chi connectivity index (χ4n) is 1.11. The lowest BCUT2D eigenvalue weighted by atomic mass is 10.2. The van der Waals surface area contributed by atoms with Crippen molar-refractivity contribution in [3.63, 3.8) is 0 Å². The Morgan fingerprint density at radius 3 is 2.47 bits per heavy atom. The van der Waals surface area contributed by atoms with Crippen LogP contribution in [0.15, 0.2) is 30.3 Å². The highest BCUT2D eigenvalue weighted by atomic mass is 35.5. The molecule has 0 saturated heterocycles. The van der Waals surface area contributed by atoms with E-state index < -0.39 is 0 Å². The van der Waals surface area contributed by atoms with Crippen LogP contribution in [0.1, 0.15) is 5.56 Å². The van der Waals surface area contributed by atoms with Gasteiger partial charge in [0.1, 0.15) is 6.07 Å². The average Bonchev–Trinajstić information content (AvgIpc) is 2.29. The van der Waals surface area contributed by atoms with Crippen molar-refractivity contribution >= 4 is 23.2 Å². The molecule has 0 bridgehead atoms. The van der Waals surface area contributed by atoms with Gasteiger partial charge >= 0.3 is 0 Å². The van der Waals surface area contributed by atoms with Crippen molar-refractivity contribution in [1.29, 1.82) is 0 Å². The van der Waals surface area contributed by atoms with E-state index in [4.69, 9.17) is 32.7 Å². The van der Waals surface area contributed by atoms with Gasteiger partial charge in [-0.2, -0.15) is 0 Å². The van der Waals surface area contributed by atoms with Crippen LogP contribution in [0, 0.1) is 0 Å². The first-order valence-electron chi connectivity index (χ1n) is 4.72. The minimum Gasteiger partial charge on any atom is -0.374 e. The van der Waals surface area contributed by atoms with Crippen molar-refractivity contribution in [2.45, 2.75) is 12.7 Å². The van der Waals surface area contributed by atoms with E-state index in [0.29, 0.717) is 19.1 Å². The van der Waals surface area contributed by atoms with Crippen molar-refractivity contribution in [1.82, 2.24) is 0 Å². The molecule has 0 aliphatic rings. The predicted molar refractivity (Wildman–Crippen MR) is 62.4 cm³/mol. The molecular weight excluding hydrogens is 235 g/mol. The van der Waals surface area contributed by atoms with Gasteiger partial charge in [0, 0.05) is 0 Å². The third kappa shape index (κ3) is 5.38. The quantitative estimate of drug-likeness (QED) is 0.691. The van der Waals surface area contributed by atoms with E-state index in [9.17, 15) is 0 Å². The van der Waals surface area contributed by atoms with E-state index in [1.807, 2.05) is 30.3 Å². The molecular formula is C11H14Cl2O2. The number of ether oxygens (including phenoxy) is 2. The van der Waals surface area contributed by atoms with Crippen LogP contribution in [0.5, 0.6) is 0 Å². The molecule has 4 heteroatoms. The highest BCUT2D eigenvalue weighted by molar-refractivity contribution is 6.18. The van der Waals surface area contributed by atoms with Gasteiger partial charge in [-0.1, -0.05) is 41.9 Å². The van der Waals surface area contributed by atoms with Crippen LogP contribution in [0.2, 0.25) is 0 Å². The molecule has 0 radical (unpaired) electrons. The second-order valence-electron chi connectivity index (χ2n) is 3.05. The fourth-order valence-corrected chi connectivity index (χ4v) is 1.47. The average molecular weight is 249 g/mol. The molecule has 1 atom stereocenters. The summed E-state index contributed by atoms with van der Waals surface area (Å²) in [5, 5.41) is 0. The summed E-state index contributed by atoms with van der Waals surface area (Å²) in [5.41, 5.74) is 1.14. The molecule has 0 saturated carbocycles. The number of hydrogen-bond donors (Lipinski definition) is 0. The molecule has 0 N–H and O–H groups in total. The van der Waals surface area contributed by atoms with E-state index in [1.54, 1.807) is 0 Å². The number of hydrogen-bond acceptors (Lipinski definition) is 2. The summed E-state index contributed by atoms with van der Waals surface area (Å²) in [4.78, 5) is 0. The van der Waals surface area contributed by atoms with Gasteiger partial charge in [-0.15, -0.1) is 11.6 Å². The molecule has 0 amide bonds. The second kappa shape index (κ2) is 7.94. The SMILES string of the molecule is ClCOC(CCl)COCc1ccccc1. The summed E-state index contributed by atoms with van der Waals surface area (Å²) in [6.45, 7) is 1.03. The molecule has 0 heterocycles. The standard InChI is InChI=1S/C11H14Cl2O2/c12-6-11(15-9-13)8-14-7-10-4-2-1-3-5-10/h1-5,11H,6-9H2. The zero-order valence-electron chi connectivity index (χ0n) is 8.36. The summed E-state index contributed by atoms with van der Waals surface area (Å²) in [5.74, 6) is 0.390. The third-order valence-electron chi connectivity index (χ3n) is 1.89. The largest absolute Gasteiger partial charge is 0.374 e. The van der Waals surface area contributed by atoms with E-state index in [0.717, 1.165) is 5.56 Å². The van der Waals surface area contributed by atoms with Gasteiger partial charge in [0.2, 0.25) is 0 Å². The van der Waals surface area contributed by atoms with Crippen LogP contribution >= 0.6 is 23.2 Å². The van der Waals surface area contributed by atoms with Crippen LogP contribution in [0.4, 0.5) is 0 Å². The first-order chi connectivity index (χ1) is 7.36. The van der Waals surface area contributed by atoms with Gasteiger partial charge in [-0.3, -0.25) is 0 Å². The molecule has 0 aliphatic carbocycles. The van der Waals surface area contributed by atoms with Crippen molar-refractivity contribution in [2.24, 2.45) is 0 Å². The Kier molecular flexibility index (Phi) is 6.77. The fraction of sp³-hybridized carbons (Fsp3) is 0.455. The number of alkyl halides is 2. The minimum absolute atomic E-state index is 0.132. The molecule has 1 rings (SSSR count). The molecule has 0 aliphatic heterocycles. The lowest BCUT2D eigenvalue weighted by Gasteiger charge is -2.13. The van der Waals surface area contributed by atoms with E-state index in [1.165, 1.54) is 0 Å². The highest BCUT2D eigenvalue weighted by Gasteiger charge is 2.06. The van der Waals surface area contributed by atoms with Crippen molar-refractivity contribution < 1.29 is 9.47 Å². The molecule has 1 aromatic rings. The van der Waals surface area contributed by atoms with Crippen LogP contribution in [-0.2, 0) is 16.1 Å². The lowest BCUT2D eigenvalue weighted by Crippen LogP contribution is -2.21. The lowest BCUT2D eigenvalue weighted by molar-refractivity contribution is 0.00644. The van der Waals surface area contributed by atoms with Crippen LogP contribution in [-0.4, -0.2) is 24.7 Å². The summed E-state index contributed by atoms with van der Waals surface area (Å²) < 4.78 is 10.6. The smallest absolute Gasteiger partial charge is 0.121 e. The Bertz CT molecular complexity index is 254. The molecule has 1 aromatic carbocycles. The predicted octanol–water partition coefficient (Wildman–Crippen LogP) is 3.02. The molecule has 15 heavy (non-hydrogen) atoms. The molecule has 84 valence electrons. The molecule has 0 fully saturated rings. The Hall–Kier alpha value is -0.280. The maximum Gasteiger partial charge on any atom is 0.121 e. The van der Waals surface area contributed by atoms with Gasteiger partial charge < -0.3 is 9.47 Å². The Labute approximate surface area is 100 Å². The van der Waals surface area contributed by atoms with Crippen molar-refractivity contribution in [3.05, 3.63) is 35.9 Å². The minimum atomic E-state index is -0.132. The van der Waals surface area contributed by atoms with Gasteiger partial charge in [-0.25, -0.2) is 0 Å². The van der Waals surface area contributed by atoms with Gasteiger partial charge in [-0.05, 0) is 5.56 Å². The van der Waals surface area contributed by atoms with Crippen molar-refractivity contribution in [2.75, 3.05) is 18.6 Å².